The topological polar surface area (TPSA) is 61.9 Å². The number of methoxy groups -OCH3 is 1. The van der Waals surface area contributed by atoms with Crippen molar-refractivity contribution >= 4 is 17.0 Å². The van der Waals surface area contributed by atoms with E-state index in [1.807, 2.05) is 27.6 Å². The number of carbonyl (C=O) groups is 1. The Hall–Kier alpha value is -2.63. The van der Waals surface area contributed by atoms with Crippen LogP contribution in [0.4, 0.5) is 0 Å². The van der Waals surface area contributed by atoms with Crippen molar-refractivity contribution in [2.75, 3.05) is 7.11 Å². The summed E-state index contributed by atoms with van der Waals surface area (Å²) in [6, 6.07) is 6.06. The molecule has 3 aromatic heterocycles. The lowest BCUT2D eigenvalue weighted by Crippen LogP contribution is -2.09. The molecule has 0 bridgehead atoms. The van der Waals surface area contributed by atoms with Gasteiger partial charge in [0.2, 0.25) is 0 Å². The quantitative estimate of drug-likeness (QED) is 0.697. The third-order valence-electron chi connectivity index (χ3n) is 4.50. The van der Waals surface area contributed by atoms with Gasteiger partial charge in [0, 0.05) is 17.8 Å². The van der Waals surface area contributed by atoms with Crippen molar-refractivity contribution in [3.63, 3.8) is 0 Å². The molecule has 23 heavy (non-hydrogen) atoms. The minimum Gasteiger partial charge on any atom is -0.464 e. The number of hydrogen-bond donors (Lipinski definition) is 0. The van der Waals surface area contributed by atoms with E-state index < -0.39 is 0 Å². The van der Waals surface area contributed by atoms with Crippen molar-refractivity contribution in [3.8, 4) is 5.69 Å². The summed E-state index contributed by atoms with van der Waals surface area (Å²) in [5.41, 5.74) is 2.04. The molecule has 0 amide bonds. The molecule has 3 aromatic rings. The van der Waals surface area contributed by atoms with Crippen LogP contribution in [0.1, 0.15) is 42.2 Å². The van der Waals surface area contributed by atoms with Crippen LogP contribution in [0, 0.1) is 0 Å². The number of hydrogen-bond acceptors (Lipinski definition) is 4. The van der Waals surface area contributed by atoms with Gasteiger partial charge in [0.05, 0.1) is 25.0 Å². The summed E-state index contributed by atoms with van der Waals surface area (Å²) >= 11 is 0. The molecule has 0 spiro atoms. The van der Waals surface area contributed by atoms with Gasteiger partial charge in [0.15, 0.2) is 0 Å². The second kappa shape index (κ2) is 5.53. The Morgan fingerprint density at radius 2 is 2.17 bits per heavy atom. The average Bonchev–Trinajstić information content (AvgIpc) is 3.30. The minimum atomic E-state index is -0.378. The minimum absolute atomic E-state index is 0.378. The number of carbonyl (C=O) groups excluding carboxylic acids is 1. The molecule has 0 saturated heterocycles. The fraction of sp³-hybridized carbons (Fsp3) is 0.353. The summed E-state index contributed by atoms with van der Waals surface area (Å²) in [6.45, 7) is 0. The Labute approximate surface area is 133 Å². The number of pyridine rings is 1. The van der Waals surface area contributed by atoms with Crippen molar-refractivity contribution in [2.24, 2.45) is 0 Å². The summed E-state index contributed by atoms with van der Waals surface area (Å²) in [5, 5.41) is 5.41. The Balaban J connectivity index is 1.85. The molecule has 118 valence electrons. The zero-order chi connectivity index (χ0) is 15.8. The zero-order valence-corrected chi connectivity index (χ0v) is 13.0. The molecule has 0 atom stereocenters. The fourth-order valence-corrected chi connectivity index (χ4v) is 3.36. The molecule has 1 aliphatic rings. The molecule has 0 N–H and O–H groups in total. The highest BCUT2D eigenvalue weighted by Crippen LogP contribution is 2.30. The Bertz CT molecular complexity index is 858. The van der Waals surface area contributed by atoms with Gasteiger partial charge in [-0.25, -0.2) is 9.78 Å². The number of aromatic nitrogens is 4. The lowest BCUT2D eigenvalue weighted by molar-refractivity contribution is 0.0592. The SMILES string of the molecule is COC(=O)c1cc2cccnc2n1-c1cnn(C2CCCC2)c1. The van der Waals surface area contributed by atoms with Crippen molar-refractivity contribution in [2.45, 2.75) is 31.7 Å². The van der Waals surface area contributed by atoms with Crippen LogP contribution in [0.3, 0.4) is 0 Å². The summed E-state index contributed by atoms with van der Waals surface area (Å²) in [4.78, 5) is 16.6. The van der Waals surface area contributed by atoms with Gasteiger partial charge in [-0.05, 0) is 31.0 Å². The summed E-state index contributed by atoms with van der Waals surface area (Å²) in [6.07, 6.45) is 10.3. The van der Waals surface area contributed by atoms with E-state index in [1.165, 1.54) is 20.0 Å². The summed E-state index contributed by atoms with van der Waals surface area (Å²) in [5.74, 6) is -0.378. The summed E-state index contributed by atoms with van der Waals surface area (Å²) in [7, 11) is 1.39. The van der Waals surface area contributed by atoms with Gasteiger partial charge < -0.3 is 4.74 Å². The lowest BCUT2D eigenvalue weighted by Gasteiger charge is -2.09. The first-order valence-electron chi connectivity index (χ1n) is 7.87. The van der Waals surface area contributed by atoms with E-state index in [0.717, 1.165) is 29.6 Å². The zero-order valence-electron chi connectivity index (χ0n) is 13.0. The molecule has 0 unspecified atom stereocenters. The third-order valence-corrected chi connectivity index (χ3v) is 4.50. The highest BCUT2D eigenvalue weighted by molar-refractivity contribution is 5.95. The van der Waals surface area contributed by atoms with Crippen LogP contribution in [0.25, 0.3) is 16.7 Å². The van der Waals surface area contributed by atoms with E-state index in [2.05, 4.69) is 10.1 Å². The molecule has 6 nitrogen and oxygen atoms in total. The van der Waals surface area contributed by atoms with Crippen molar-refractivity contribution in [3.05, 3.63) is 42.5 Å². The van der Waals surface area contributed by atoms with E-state index in [4.69, 9.17) is 4.74 Å². The molecule has 6 heteroatoms. The Morgan fingerprint density at radius 1 is 1.35 bits per heavy atom. The first-order chi connectivity index (χ1) is 11.3. The molecule has 3 heterocycles. The monoisotopic (exact) mass is 310 g/mol. The molecule has 1 saturated carbocycles. The van der Waals surface area contributed by atoms with Crippen molar-refractivity contribution in [1.29, 1.82) is 0 Å². The highest BCUT2D eigenvalue weighted by atomic mass is 16.5. The summed E-state index contributed by atoms with van der Waals surface area (Å²) < 4.78 is 8.75. The van der Waals surface area contributed by atoms with E-state index >= 15 is 0 Å². The second-order valence-electron chi connectivity index (χ2n) is 5.89. The van der Waals surface area contributed by atoms with Crippen LogP contribution in [0.15, 0.2) is 36.8 Å². The van der Waals surface area contributed by atoms with E-state index in [-0.39, 0.29) is 5.97 Å². The second-order valence-corrected chi connectivity index (χ2v) is 5.89. The van der Waals surface area contributed by atoms with Crippen LogP contribution >= 0.6 is 0 Å². The van der Waals surface area contributed by atoms with Crippen LogP contribution in [0.2, 0.25) is 0 Å². The molecule has 1 aliphatic carbocycles. The smallest absolute Gasteiger partial charge is 0.355 e. The third kappa shape index (κ3) is 2.30. The molecule has 1 fully saturated rings. The number of fused-ring (bicyclic) bond motifs is 1. The number of nitrogens with zero attached hydrogens (tertiary/aromatic N) is 4. The predicted octanol–water partition coefficient (Wildman–Crippen LogP) is 3.12. The fourth-order valence-electron chi connectivity index (χ4n) is 3.36. The number of ether oxygens (including phenoxy) is 1. The van der Waals surface area contributed by atoms with Gasteiger partial charge in [-0.1, -0.05) is 12.8 Å². The van der Waals surface area contributed by atoms with Gasteiger partial charge in [-0.3, -0.25) is 9.25 Å². The van der Waals surface area contributed by atoms with Crippen molar-refractivity contribution in [1.82, 2.24) is 19.3 Å². The van der Waals surface area contributed by atoms with Gasteiger partial charge in [-0.15, -0.1) is 0 Å². The highest BCUT2D eigenvalue weighted by Gasteiger charge is 2.21. The van der Waals surface area contributed by atoms with Gasteiger partial charge in [0.1, 0.15) is 11.3 Å². The molecule has 4 rings (SSSR count). The molecule has 0 radical (unpaired) electrons. The van der Waals surface area contributed by atoms with Crippen LogP contribution in [-0.2, 0) is 4.74 Å². The molecular weight excluding hydrogens is 292 g/mol. The van der Waals surface area contributed by atoms with Crippen LogP contribution in [0.5, 0.6) is 0 Å². The number of esters is 1. The van der Waals surface area contributed by atoms with Gasteiger partial charge in [-0.2, -0.15) is 5.10 Å². The standard InChI is InChI=1S/C17H18N4O2/c1-23-17(22)15-9-12-5-4-8-18-16(12)21(15)14-10-19-20(11-14)13-6-2-3-7-13/h4-5,8-11,13H,2-3,6-7H2,1H3. The lowest BCUT2D eigenvalue weighted by atomic mass is 10.3. The van der Waals surface area contributed by atoms with Gasteiger partial charge in [0.25, 0.3) is 0 Å². The first kappa shape index (κ1) is 14.0. The Kier molecular flexibility index (Phi) is 3.37. The molecule has 0 aromatic carbocycles. The van der Waals surface area contributed by atoms with Gasteiger partial charge >= 0.3 is 5.97 Å². The average molecular weight is 310 g/mol. The predicted molar refractivity (Wildman–Crippen MR) is 85.7 cm³/mol. The molecular formula is C17H18N4O2. The maximum absolute atomic E-state index is 12.1. The normalized spacial score (nSPS) is 15.3. The van der Waals surface area contributed by atoms with Crippen LogP contribution < -0.4 is 0 Å². The van der Waals surface area contributed by atoms with E-state index in [0.29, 0.717) is 11.7 Å². The number of rotatable bonds is 3. The maximum atomic E-state index is 12.1. The Morgan fingerprint density at radius 3 is 2.96 bits per heavy atom. The van der Waals surface area contributed by atoms with Crippen LogP contribution in [-0.4, -0.2) is 32.4 Å². The first-order valence-corrected chi connectivity index (χ1v) is 7.87. The van der Waals surface area contributed by atoms with E-state index in [1.54, 1.807) is 18.5 Å². The van der Waals surface area contributed by atoms with Crippen molar-refractivity contribution < 1.29 is 9.53 Å². The maximum Gasteiger partial charge on any atom is 0.355 e. The van der Waals surface area contributed by atoms with E-state index in [9.17, 15) is 4.79 Å². The molecule has 0 aliphatic heterocycles. The largest absolute Gasteiger partial charge is 0.464 e.